The van der Waals surface area contributed by atoms with Crippen molar-refractivity contribution in [1.82, 2.24) is 19.6 Å². The average molecular weight is 336 g/mol. The van der Waals surface area contributed by atoms with E-state index in [0.717, 1.165) is 36.6 Å². The summed E-state index contributed by atoms with van der Waals surface area (Å²) in [6.07, 6.45) is 6.09. The van der Waals surface area contributed by atoms with E-state index in [0.29, 0.717) is 19.0 Å². The van der Waals surface area contributed by atoms with Crippen LogP contribution in [0.15, 0.2) is 17.8 Å². The number of likely N-dealkylation sites (tertiary alicyclic amines) is 1. The van der Waals surface area contributed by atoms with Gasteiger partial charge in [0.15, 0.2) is 4.96 Å². The molecule has 0 bridgehead atoms. The number of fused-ring (bicyclic) bond motifs is 1. The van der Waals surface area contributed by atoms with Crippen molar-refractivity contribution in [2.24, 2.45) is 5.92 Å². The molecular weight excluding hydrogens is 312 g/mol. The minimum atomic E-state index is -0.0312. The molecule has 0 spiro atoms. The van der Waals surface area contributed by atoms with Gasteiger partial charge in [0.1, 0.15) is 0 Å². The lowest BCUT2D eigenvalue weighted by Crippen LogP contribution is -2.38. The first kappa shape index (κ1) is 16.3. The Labute approximate surface area is 140 Å². The number of carbonyl (C=O) groups excluding carboxylic acids is 1. The highest BCUT2D eigenvalue weighted by Crippen LogP contribution is 2.15. The zero-order chi connectivity index (χ0) is 16.2. The third-order valence-corrected chi connectivity index (χ3v) is 4.82. The van der Waals surface area contributed by atoms with Crippen LogP contribution in [0, 0.1) is 5.92 Å². The summed E-state index contributed by atoms with van der Waals surface area (Å²) >= 11 is 1.59. The summed E-state index contributed by atoms with van der Waals surface area (Å²) in [5.74, 6) is 0.653. The standard InChI is InChI=1S/C16H24N4O2S/c1-12(2)4-7-22-14-3-5-19(11-14)15(21)17-9-13-10-20-6-8-23-16(20)18-13/h6,8,10,12,14H,3-5,7,9,11H2,1-2H3,(H,17,21)/t14-/m1/s1. The Morgan fingerprint density at radius 2 is 2.43 bits per heavy atom. The molecule has 1 saturated heterocycles. The minimum absolute atomic E-state index is 0.0312. The normalized spacial score (nSPS) is 18.2. The number of thiazole rings is 1. The van der Waals surface area contributed by atoms with Crippen LogP contribution < -0.4 is 5.32 Å². The number of aromatic nitrogens is 2. The molecule has 6 nitrogen and oxygen atoms in total. The first-order chi connectivity index (χ1) is 11.1. The Morgan fingerprint density at radius 3 is 3.22 bits per heavy atom. The molecule has 0 unspecified atom stereocenters. The van der Waals surface area contributed by atoms with Crippen LogP contribution in [0.25, 0.3) is 4.96 Å². The van der Waals surface area contributed by atoms with E-state index in [1.54, 1.807) is 11.3 Å². The van der Waals surface area contributed by atoms with E-state index in [2.05, 4.69) is 24.1 Å². The van der Waals surface area contributed by atoms with E-state index in [1.165, 1.54) is 0 Å². The number of hydrogen-bond donors (Lipinski definition) is 1. The van der Waals surface area contributed by atoms with Gasteiger partial charge in [-0.2, -0.15) is 0 Å². The van der Waals surface area contributed by atoms with E-state index < -0.39 is 0 Å². The molecule has 23 heavy (non-hydrogen) atoms. The van der Waals surface area contributed by atoms with Crippen molar-refractivity contribution in [2.45, 2.75) is 39.3 Å². The molecule has 1 N–H and O–H groups in total. The predicted octanol–water partition coefficient (Wildman–Crippen LogP) is 2.74. The molecule has 126 valence electrons. The molecule has 1 fully saturated rings. The molecule has 2 aromatic heterocycles. The Kier molecular flexibility index (Phi) is 5.17. The number of imidazole rings is 1. The fourth-order valence-corrected chi connectivity index (χ4v) is 3.38. The number of nitrogens with one attached hydrogen (secondary N) is 1. The predicted molar refractivity (Wildman–Crippen MR) is 90.7 cm³/mol. The van der Waals surface area contributed by atoms with Crippen molar-refractivity contribution in [3.8, 4) is 0 Å². The smallest absolute Gasteiger partial charge is 0.317 e. The molecule has 1 aliphatic rings. The van der Waals surface area contributed by atoms with Gasteiger partial charge in [0.25, 0.3) is 0 Å². The third-order valence-electron chi connectivity index (χ3n) is 4.04. The molecular formula is C16H24N4O2S. The summed E-state index contributed by atoms with van der Waals surface area (Å²) < 4.78 is 7.82. The first-order valence-electron chi connectivity index (χ1n) is 8.17. The second-order valence-electron chi connectivity index (χ2n) is 6.39. The molecule has 1 atom stereocenters. The van der Waals surface area contributed by atoms with E-state index in [1.807, 2.05) is 27.1 Å². The molecule has 7 heteroatoms. The van der Waals surface area contributed by atoms with Gasteiger partial charge in [0.2, 0.25) is 0 Å². The van der Waals surface area contributed by atoms with E-state index in [-0.39, 0.29) is 12.1 Å². The van der Waals surface area contributed by atoms with Gasteiger partial charge >= 0.3 is 6.03 Å². The number of urea groups is 1. The van der Waals surface area contributed by atoms with Crippen LogP contribution in [0.1, 0.15) is 32.4 Å². The molecule has 0 radical (unpaired) electrons. The summed E-state index contributed by atoms with van der Waals surface area (Å²) in [5, 5.41) is 4.94. The van der Waals surface area contributed by atoms with Crippen molar-refractivity contribution in [1.29, 1.82) is 0 Å². The van der Waals surface area contributed by atoms with Crippen molar-refractivity contribution in [2.75, 3.05) is 19.7 Å². The monoisotopic (exact) mass is 336 g/mol. The van der Waals surface area contributed by atoms with Gasteiger partial charge in [-0.25, -0.2) is 9.78 Å². The van der Waals surface area contributed by atoms with Crippen molar-refractivity contribution in [3.05, 3.63) is 23.5 Å². The fourth-order valence-electron chi connectivity index (χ4n) is 2.66. The summed E-state index contributed by atoms with van der Waals surface area (Å²) in [7, 11) is 0. The molecule has 0 saturated carbocycles. The Morgan fingerprint density at radius 1 is 1.57 bits per heavy atom. The number of carbonyl (C=O) groups is 1. The molecule has 2 amide bonds. The SMILES string of the molecule is CC(C)CCO[C@@H]1CCN(C(=O)NCc2cn3ccsc3n2)C1. The van der Waals surface area contributed by atoms with Gasteiger partial charge in [0.05, 0.1) is 18.3 Å². The van der Waals surface area contributed by atoms with E-state index in [4.69, 9.17) is 4.74 Å². The minimum Gasteiger partial charge on any atom is -0.376 e. The van der Waals surface area contributed by atoms with Crippen LogP contribution in [0.4, 0.5) is 4.79 Å². The summed E-state index contributed by atoms with van der Waals surface area (Å²) in [6.45, 7) is 7.07. The second kappa shape index (κ2) is 7.31. The Bertz CT molecular complexity index is 623. The van der Waals surface area contributed by atoms with Crippen LogP contribution in [0.3, 0.4) is 0 Å². The number of nitrogens with zero attached hydrogens (tertiary/aromatic N) is 3. The maximum absolute atomic E-state index is 12.2. The molecule has 0 aliphatic carbocycles. The maximum Gasteiger partial charge on any atom is 0.317 e. The van der Waals surface area contributed by atoms with Gasteiger partial charge < -0.3 is 15.0 Å². The molecule has 1 aliphatic heterocycles. The van der Waals surface area contributed by atoms with Gasteiger partial charge in [-0.15, -0.1) is 11.3 Å². The summed E-state index contributed by atoms with van der Waals surface area (Å²) in [6, 6.07) is -0.0312. The zero-order valence-electron chi connectivity index (χ0n) is 13.7. The summed E-state index contributed by atoms with van der Waals surface area (Å²) in [5.41, 5.74) is 0.883. The topological polar surface area (TPSA) is 58.9 Å². The van der Waals surface area contributed by atoms with Gasteiger partial charge in [0, 0.05) is 37.5 Å². The molecule has 2 aromatic rings. The van der Waals surface area contributed by atoms with Crippen LogP contribution in [-0.4, -0.2) is 46.1 Å². The average Bonchev–Trinajstić information content (AvgIpc) is 3.19. The van der Waals surface area contributed by atoms with Crippen molar-refractivity contribution < 1.29 is 9.53 Å². The molecule has 0 aromatic carbocycles. The maximum atomic E-state index is 12.2. The fraction of sp³-hybridized carbons (Fsp3) is 0.625. The Balaban J connectivity index is 1.41. The quantitative estimate of drug-likeness (QED) is 0.882. The van der Waals surface area contributed by atoms with Crippen LogP contribution in [-0.2, 0) is 11.3 Å². The van der Waals surface area contributed by atoms with Gasteiger partial charge in [-0.3, -0.25) is 4.40 Å². The highest BCUT2D eigenvalue weighted by molar-refractivity contribution is 7.15. The summed E-state index contributed by atoms with van der Waals surface area (Å²) in [4.78, 5) is 19.5. The van der Waals surface area contributed by atoms with Gasteiger partial charge in [-0.05, 0) is 18.8 Å². The van der Waals surface area contributed by atoms with Crippen LogP contribution in [0.5, 0.6) is 0 Å². The lowest BCUT2D eigenvalue weighted by molar-refractivity contribution is 0.0542. The lowest BCUT2D eigenvalue weighted by Gasteiger charge is -2.17. The van der Waals surface area contributed by atoms with Gasteiger partial charge in [-0.1, -0.05) is 13.8 Å². The van der Waals surface area contributed by atoms with E-state index >= 15 is 0 Å². The number of rotatable bonds is 6. The van der Waals surface area contributed by atoms with Crippen molar-refractivity contribution >= 4 is 22.3 Å². The molecule has 3 rings (SSSR count). The van der Waals surface area contributed by atoms with Crippen LogP contribution in [0.2, 0.25) is 0 Å². The Hall–Kier alpha value is -1.60. The molecule has 3 heterocycles. The lowest BCUT2D eigenvalue weighted by atomic mass is 10.1. The highest BCUT2D eigenvalue weighted by Gasteiger charge is 2.26. The van der Waals surface area contributed by atoms with E-state index in [9.17, 15) is 4.79 Å². The third kappa shape index (κ3) is 4.23. The number of ether oxygens (including phenoxy) is 1. The largest absolute Gasteiger partial charge is 0.376 e. The second-order valence-corrected chi connectivity index (χ2v) is 7.27. The zero-order valence-corrected chi connectivity index (χ0v) is 14.5. The van der Waals surface area contributed by atoms with Crippen LogP contribution >= 0.6 is 11.3 Å². The number of amides is 2. The first-order valence-corrected chi connectivity index (χ1v) is 9.05. The number of hydrogen-bond acceptors (Lipinski definition) is 4. The van der Waals surface area contributed by atoms with Crippen molar-refractivity contribution in [3.63, 3.8) is 0 Å². The highest BCUT2D eigenvalue weighted by atomic mass is 32.1.